The molecule has 10 heavy (non-hydrogen) atoms. The third-order valence-corrected chi connectivity index (χ3v) is 1.47. The topological polar surface area (TPSA) is 26.3 Å². The Balaban J connectivity index is 2.89. The van der Waals surface area contributed by atoms with Gasteiger partial charge in [0.15, 0.2) is 0 Å². The molecule has 0 unspecified atom stereocenters. The monoisotopic (exact) mass is 149 g/mol. The van der Waals surface area contributed by atoms with Gasteiger partial charge in [0.25, 0.3) is 0 Å². The van der Waals surface area contributed by atoms with Crippen LogP contribution in [0.25, 0.3) is 0 Å². The van der Waals surface area contributed by atoms with Gasteiger partial charge in [-0.25, -0.2) is 0 Å². The minimum absolute atomic E-state index is 0.0950. The highest BCUT2D eigenvalue weighted by Gasteiger charge is 2.07. The molecule has 0 N–H and O–H groups in total. The van der Waals surface area contributed by atoms with Crippen molar-refractivity contribution in [2.75, 3.05) is 0 Å². The Labute approximate surface area is 67.6 Å². The number of rotatable bonds is 1. The first-order chi connectivity index (χ1) is 4.74. The fourth-order valence-electron chi connectivity index (χ4n) is 0.665. The molecule has 0 aromatic heterocycles. The maximum absolute atomic E-state index is 10.9. The molecule has 2 nitrogen and oxygen atoms in total. The van der Waals surface area contributed by atoms with Crippen LogP contribution in [0.1, 0.15) is 0 Å². The van der Waals surface area contributed by atoms with Crippen LogP contribution in [0.4, 0.5) is 0 Å². The standard InChI is InChI=1S/C7H6O2.Al.H/c1-5-2-3-6(8)7(9)4-5;;/h2-4,9H,1H2;;/q;+1;/p-1. The van der Waals surface area contributed by atoms with Crippen molar-refractivity contribution in [3.63, 3.8) is 0 Å². The van der Waals surface area contributed by atoms with Crippen molar-refractivity contribution in [1.29, 1.82) is 0 Å². The maximum atomic E-state index is 10.9. The molecular weight excluding hydrogens is 143 g/mol. The fourth-order valence-corrected chi connectivity index (χ4v) is 0.891. The lowest BCUT2D eigenvalue weighted by Crippen LogP contribution is -2.04. The van der Waals surface area contributed by atoms with Crippen LogP contribution in [0.15, 0.2) is 36.1 Å². The van der Waals surface area contributed by atoms with Crippen molar-refractivity contribution >= 4 is 22.4 Å². The lowest BCUT2D eigenvalue weighted by Gasteiger charge is -2.07. The molecule has 0 fully saturated rings. The van der Waals surface area contributed by atoms with Crippen LogP contribution in [0.3, 0.4) is 0 Å². The van der Waals surface area contributed by atoms with E-state index in [-0.39, 0.29) is 5.78 Å². The highest BCUT2D eigenvalue weighted by Crippen LogP contribution is 2.10. The lowest BCUT2D eigenvalue weighted by atomic mass is 10.1. The third kappa shape index (κ3) is 1.38. The molecule has 0 aromatic carbocycles. The first-order valence-electron chi connectivity index (χ1n) is 2.79. The van der Waals surface area contributed by atoms with E-state index in [1.807, 2.05) is 0 Å². The molecule has 0 aromatic rings. The summed E-state index contributed by atoms with van der Waals surface area (Å²) < 4.78 is 4.80. The molecule has 0 aliphatic heterocycles. The number of hydrogen-bond donors (Lipinski definition) is 0. The van der Waals surface area contributed by atoms with E-state index in [9.17, 15) is 4.79 Å². The minimum atomic E-state index is -0.0950. The molecule has 0 saturated heterocycles. The molecule has 1 aliphatic carbocycles. The van der Waals surface area contributed by atoms with Crippen LogP contribution in [-0.2, 0) is 8.58 Å². The highest BCUT2D eigenvalue weighted by molar-refractivity contribution is 6.09. The van der Waals surface area contributed by atoms with Crippen LogP contribution < -0.4 is 0 Å². The molecule has 1 rings (SSSR count). The Bertz CT molecular complexity index is 238. The number of carbonyl (C=O) groups is 1. The van der Waals surface area contributed by atoms with Gasteiger partial charge >= 0.3 is 16.6 Å². The Kier molecular flexibility index (Phi) is 2.10. The molecule has 0 bridgehead atoms. The second-order valence-corrected chi connectivity index (χ2v) is 2.21. The highest BCUT2D eigenvalue weighted by atomic mass is 27.1. The van der Waals surface area contributed by atoms with E-state index in [1.165, 1.54) is 22.7 Å². The van der Waals surface area contributed by atoms with Crippen molar-refractivity contribution < 1.29 is 8.58 Å². The zero-order valence-electron chi connectivity index (χ0n) is 5.46. The number of hydrogen-bond acceptors (Lipinski definition) is 2. The van der Waals surface area contributed by atoms with Crippen LogP contribution in [0.2, 0.25) is 0 Å². The summed E-state index contributed by atoms with van der Waals surface area (Å²) >= 11 is 1.28. The zero-order chi connectivity index (χ0) is 7.56. The maximum Gasteiger partial charge on any atom is 0.494 e. The average molecular weight is 149 g/mol. The van der Waals surface area contributed by atoms with Gasteiger partial charge in [0, 0.05) is 0 Å². The molecule has 0 saturated carbocycles. The summed E-state index contributed by atoms with van der Waals surface area (Å²) in [6.07, 6.45) is 4.73. The summed E-state index contributed by atoms with van der Waals surface area (Å²) in [6, 6.07) is 0. The Morgan fingerprint density at radius 1 is 1.50 bits per heavy atom. The van der Waals surface area contributed by atoms with Crippen molar-refractivity contribution in [2.24, 2.45) is 0 Å². The van der Waals surface area contributed by atoms with Gasteiger partial charge in [0.05, 0.1) is 0 Å². The Morgan fingerprint density at radius 2 is 2.20 bits per heavy atom. The first-order valence-corrected chi connectivity index (χ1v) is 3.37. The van der Waals surface area contributed by atoms with Crippen LogP contribution >= 0.6 is 0 Å². The number of allylic oxidation sites excluding steroid dienone is 4. The molecule has 3 heteroatoms. The van der Waals surface area contributed by atoms with Gasteiger partial charge in [-0.3, -0.25) is 4.79 Å². The van der Waals surface area contributed by atoms with Crippen molar-refractivity contribution in [1.82, 2.24) is 0 Å². The molecule has 0 atom stereocenters. The summed E-state index contributed by atoms with van der Waals surface area (Å²) in [5.41, 5.74) is 0.793. The number of carbonyl (C=O) groups excluding carboxylic acids is 1. The van der Waals surface area contributed by atoms with E-state index in [0.717, 1.165) is 5.57 Å². The minimum Gasteiger partial charge on any atom is -0.648 e. The van der Waals surface area contributed by atoms with Gasteiger partial charge in [-0.2, -0.15) is 0 Å². The molecular formula is C7H6AlO2. The smallest absolute Gasteiger partial charge is 0.494 e. The third-order valence-electron chi connectivity index (χ3n) is 1.16. The Hall–Kier alpha value is -0.778. The van der Waals surface area contributed by atoms with Crippen molar-refractivity contribution in [3.8, 4) is 0 Å². The molecule has 0 spiro atoms. The van der Waals surface area contributed by atoms with Gasteiger partial charge in [0.2, 0.25) is 5.78 Å². The van der Waals surface area contributed by atoms with E-state index in [4.69, 9.17) is 3.79 Å². The van der Waals surface area contributed by atoms with E-state index >= 15 is 0 Å². The first kappa shape index (κ1) is 7.33. The Morgan fingerprint density at radius 3 is 2.70 bits per heavy atom. The van der Waals surface area contributed by atoms with Crippen molar-refractivity contribution in [3.05, 3.63) is 36.1 Å². The van der Waals surface area contributed by atoms with Gasteiger partial charge in [-0.1, -0.05) is 12.7 Å². The molecule has 1 radical (unpaired) electrons. The predicted molar refractivity (Wildman–Crippen MR) is 39.6 cm³/mol. The lowest BCUT2D eigenvalue weighted by molar-refractivity contribution is -0.113. The predicted octanol–water partition coefficient (Wildman–Crippen LogP) is 0.398. The van der Waals surface area contributed by atoms with E-state index in [0.29, 0.717) is 5.76 Å². The molecule has 49 valence electrons. The van der Waals surface area contributed by atoms with Gasteiger partial charge in [-0.15, -0.1) is 0 Å². The average Bonchev–Trinajstić information content (AvgIpc) is 1.94. The van der Waals surface area contributed by atoms with Gasteiger partial charge < -0.3 is 3.79 Å². The molecule has 0 heterocycles. The normalized spacial score (nSPS) is 17.0. The van der Waals surface area contributed by atoms with Crippen LogP contribution in [0, 0.1) is 0 Å². The summed E-state index contributed by atoms with van der Waals surface area (Å²) in [5.74, 6) is 0.272. The fraction of sp³-hybridized carbons (Fsp3) is 0. The van der Waals surface area contributed by atoms with Crippen LogP contribution in [0.5, 0.6) is 0 Å². The summed E-state index contributed by atoms with van der Waals surface area (Å²) in [7, 11) is 0. The van der Waals surface area contributed by atoms with Gasteiger partial charge in [-0.05, 0) is 17.7 Å². The second kappa shape index (κ2) is 2.87. The van der Waals surface area contributed by atoms with Crippen molar-refractivity contribution in [2.45, 2.75) is 0 Å². The summed E-state index contributed by atoms with van der Waals surface area (Å²) in [5, 5.41) is 0. The zero-order valence-corrected chi connectivity index (χ0v) is 6.88. The SMILES string of the molecule is C=C1C=CC(=O)C([O][AlH])=C1. The van der Waals surface area contributed by atoms with E-state index in [1.54, 1.807) is 12.2 Å². The quantitative estimate of drug-likeness (QED) is 0.504. The second-order valence-electron chi connectivity index (χ2n) is 1.93. The summed E-state index contributed by atoms with van der Waals surface area (Å²) in [4.78, 5) is 10.9. The van der Waals surface area contributed by atoms with Crippen LogP contribution in [-0.4, -0.2) is 22.4 Å². The number of ketones is 1. The largest absolute Gasteiger partial charge is 0.648 e. The van der Waals surface area contributed by atoms with Gasteiger partial charge in [0.1, 0.15) is 5.76 Å². The summed E-state index contributed by atoms with van der Waals surface area (Å²) in [6.45, 7) is 3.65. The molecule has 1 aliphatic rings. The molecule has 0 amide bonds. The van der Waals surface area contributed by atoms with E-state index in [2.05, 4.69) is 6.58 Å². The van der Waals surface area contributed by atoms with E-state index < -0.39 is 0 Å².